The summed E-state index contributed by atoms with van der Waals surface area (Å²) in [4.78, 5) is 128. The van der Waals surface area contributed by atoms with E-state index in [1.807, 2.05) is 244 Å². The summed E-state index contributed by atoms with van der Waals surface area (Å²) < 4.78 is 22.2. The molecule has 1 unspecified atom stereocenters. The molecule has 1 aliphatic rings. The molecule has 0 saturated carbocycles. The third-order valence-electron chi connectivity index (χ3n) is 19.3. The van der Waals surface area contributed by atoms with E-state index in [4.69, 9.17) is 4.74 Å². The van der Waals surface area contributed by atoms with Gasteiger partial charge in [0, 0.05) is 83.2 Å². The molecule has 139 heavy (non-hydrogen) atoms. The molecular weight excluding hydrogens is 1750 g/mol. The zero-order chi connectivity index (χ0) is 111. The Hall–Kier alpha value is -9.03. The van der Waals surface area contributed by atoms with Crippen molar-refractivity contribution in [3.63, 3.8) is 0 Å². The van der Waals surface area contributed by atoms with Gasteiger partial charge in [-0.2, -0.15) is 4.39 Å². The average Bonchev–Trinajstić information content (AvgIpc) is 1.56. The molecule has 0 bridgehead atoms. The first kappa shape index (κ1) is 143. The van der Waals surface area contributed by atoms with Crippen molar-refractivity contribution in [2.45, 2.75) is 414 Å². The molecule has 15 nitrogen and oxygen atoms in total. The van der Waals surface area contributed by atoms with Crippen molar-refractivity contribution >= 4 is 81.3 Å². The van der Waals surface area contributed by atoms with E-state index in [1.165, 1.54) is 18.6 Å². The van der Waals surface area contributed by atoms with E-state index < -0.39 is 5.26 Å². The number of aromatic nitrogens is 1. The van der Waals surface area contributed by atoms with E-state index in [0.29, 0.717) is 56.5 Å². The Labute approximate surface area is 853 Å². The van der Waals surface area contributed by atoms with E-state index >= 15 is 0 Å². The molecule has 1 heterocycles. The molecule has 0 radical (unpaired) electrons. The van der Waals surface area contributed by atoms with Gasteiger partial charge in [0.15, 0.2) is 40.5 Å². The maximum absolute atomic E-state index is 12.4. The van der Waals surface area contributed by atoms with Crippen LogP contribution >= 0.6 is 11.3 Å². The number of rotatable bonds is 22. The third kappa shape index (κ3) is 97.6. The molecule has 2 aromatic carbocycles. The highest BCUT2D eigenvalue weighted by Crippen LogP contribution is 2.39. The molecule has 1 atom stereocenters. The lowest BCUT2D eigenvalue weighted by atomic mass is 9.66. The zero-order valence-corrected chi connectivity index (χ0v) is 97.8. The Kier molecular flexibility index (Phi) is 68.6. The van der Waals surface area contributed by atoms with Gasteiger partial charge in [0.1, 0.15) is 5.69 Å². The molecule has 3 aromatic rings. The number of nitrogens with one attached hydrogen (secondary N) is 1. The van der Waals surface area contributed by atoms with Crippen molar-refractivity contribution in [2.24, 2.45) is 70.9 Å². The number of benzene rings is 2. The van der Waals surface area contributed by atoms with Gasteiger partial charge in [-0.25, -0.2) is 9.78 Å². The fraction of sp³-hybridized carbons (Fsp3) is 0.623. The van der Waals surface area contributed by atoms with Crippen LogP contribution in [0.25, 0.3) is 6.08 Å². The molecule has 4 rings (SSSR count). The Bertz CT molecular complexity index is 4570. The van der Waals surface area contributed by atoms with Crippen LogP contribution in [0.1, 0.15) is 425 Å². The number of allylic oxidation sites excluding steroid dienone is 12. The van der Waals surface area contributed by atoms with Crippen LogP contribution in [0.5, 0.6) is 0 Å². The van der Waals surface area contributed by atoms with Crippen LogP contribution in [0.4, 0.5) is 4.39 Å². The van der Waals surface area contributed by atoms with Gasteiger partial charge < -0.3 is 14.8 Å². The molecule has 1 N–H and O–H groups in total. The summed E-state index contributed by atoms with van der Waals surface area (Å²) in [5, 5.41) is 3.50. The number of hydrogen-bond donors (Lipinski definition) is 1. The number of amides is 1. The SMILES string of the molecule is C/C=C(\C)C(=O)CC(C)(C)C.C=C(C)C(=O)CC(C)(C)C.CC(C)(C)/C=C\C(=O)CCC(C)(C)C.CC(C)(C)C#CC(=O)CCC(C)(C)C.CC(C)(C)C1CC=CC1=O.CC(C)(C)CCC(=O)/C=C/c1ccccc1.CC(C)(C)CCC(=O)C#Cc1ccccc1.CC(C)(C)NC(=O)c1csc(F)n1.CC(C)=CC(=O)C(C)(C)C.CC(C)=CC(=O)C(C)(C)C(C)(C)C.COC(=O)/C=C/COC(C)(C)C. The summed E-state index contributed by atoms with van der Waals surface area (Å²) in [6, 6.07) is 19.5. The standard InChI is InChI=1S/C15H20O.C15H18O.C13H24O.C13H22O.C12H22O.C10H18O.C9H16O3.C9H14O.2C9H16O.C8H11FN2OS/c2*1-15(2,3)12-11-14(16)10-9-13-7-5-4-6-8-13;2*1-12(2,3)9-7-11(14)8-10-13(4,5)6;1-9(2)8-10(13)12(6,7)11(3,4)5;1-6-8(2)9(11)7-10(3,4)5;1-9(2,3)12-7-5-6-8(10)11-4;1-9(2,3)7-5-4-6-8(7)10;1-7(2)8(10)6-9(3,4)5;1-7(2)6-8(10)9(3,4)5;1-8(2,3)11-6(12)5-4-13-7(9)10-5/h4-10H,11-12H2,1-3H3;4-8H,11-12H2,1-3H3;7,9H,8,10H2,1-6H3;7,9H2,1-6H3;8H,1-7H3;6H,7H2,1-5H3;5-6H,7H2,1-4H3;4,6-7H,5H2,1-3H3;1,6H2,2-5H3;6H,1-5H3;4H,1-3H3,(H,11,12)/b10-9+;;9-7-;;;8-6+;6-5+;;;;. The van der Waals surface area contributed by atoms with E-state index in [-0.39, 0.29) is 146 Å². The highest BCUT2D eigenvalue weighted by Gasteiger charge is 2.38. The summed E-state index contributed by atoms with van der Waals surface area (Å²) in [5.74, 6) is 12.5. The van der Waals surface area contributed by atoms with Crippen LogP contribution in [-0.2, 0) is 57.4 Å². The van der Waals surface area contributed by atoms with Crippen LogP contribution in [0.15, 0.2) is 156 Å². The van der Waals surface area contributed by atoms with E-state index in [1.54, 1.807) is 43.4 Å². The van der Waals surface area contributed by atoms with Crippen molar-refractivity contribution in [1.29, 1.82) is 0 Å². The summed E-state index contributed by atoms with van der Waals surface area (Å²) in [6.07, 6.45) is 27.5. The van der Waals surface area contributed by atoms with Gasteiger partial charge in [0.05, 0.1) is 19.3 Å². The Balaban J connectivity index is -0.000000277. The molecule has 0 spiro atoms. The number of thiazole rings is 1. The topological polar surface area (TPSA) is 231 Å². The van der Waals surface area contributed by atoms with Gasteiger partial charge in [-0.15, -0.1) is 0 Å². The lowest BCUT2D eigenvalue weighted by Crippen LogP contribution is -2.40. The Morgan fingerprint density at radius 3 is 1.24 bits per heavy atom. The summed E-state index contributed by atoms with van der Waals surface area (Å²) in [5.41, 5.74) is 6.08. The number of hydrogen-bond acceptors (Lipinski definition) is 15. The minimum absolute atomic E-state index is 0.00995. The summed E-state index contributed by atoms with van der Waals surface area (Å²) in [7, 11) is 1.34. The minimum Gasteiger partial charge on any atom is -0.466 e. The van der Waals surface area contributed by atoms with Gasteiger partial charge in [0.2, 0.25) is 11.6 Å². The smallest absolute Gasteiger partial charge is 0.330 e. The second-order valence-electron chi connectivity index (χ2n) is 50.9. The van der Waals surface area contributed by atoms with Gasteiger partial charge in [-0.1, -0.05) is 341 Å². The number of ketones is 9. The van der Waals surface area contributed by atoms with Crippen molar-refractivity contribution in [3.8, 4) is 23.7 Å². The fourth-order valence-electron chi connectivity index (χ4n) is 9.59. The van der Waals surface area contributed by atoms with Gasteiger partial charge >= 0.3 is 5.97 Å². The average molecular weight is 1950 g/mol. The van der Waals surface area contributed by atoms with Gasteiger partial charge in [0.25, 0.3) is 11.2 Å². The predicted octanol–water partition coefficient (Wildman–Crippen LogP) is 32.2. The van der Waals surface area contributed by atoms with Crippen molar-refractivity contribution in [1.82, 2.24) is 10.3 Å². The monoisotopic (exact) mass is 1950 g/mol. The normalized spacial score (nSPS) is 12.9. The highest BCUT2D eigenvalue weighted by molar-refractivity contribution is 7.08. The Morgan fingerprint density at radius 1 is 0.525 bits per heavy atom. The maximum atomic E-state index is 12.4. The number of ether oxygens (including phenoxy) is 2. The van der Waals surface area contributed by atoms with Crippen LogP contribution in [0.3, 0.4) is 0 Å². The number of carbonyl (C=O) groups is 11. The molecule has 1 aromatic heterocycles. The molecule has 0 aliphatic heterocycles. The molecule has 1 aliphatic carbocycles. The van der Waals surface area contributed by atoms with Crippen molar-refractivity contribution < 1.29 is 66.6 Å². The van der Waals surface area contributed by atoms with Crippen molar-refractivity contribution in [3.05, 3.63) is 178 Å². The quantitative estimate of drug-likeness (QED) is 0.0427. The van der Waals surface area contributed by atoms with Crippen LogP contribution in [-0.4, -0.2) is 93.8 Å². The number of carbonyl (C=O) groups excluding carboxylic acids is 11. The van der Waals surface area contributed by atoms with E-state index in [0.717, 1.165) is 71.3 Å². The largest absolute Gasteiger partial charge is 0.466 e. The predicted molar refractivity (Wildman–Crippen MR) is 591 cm³/mol. The second-order valence-corrected chi connectivity index (χ2v) is 51.8. The lowest BCUT2D eigenvalue weighted by molar-refractivity contribution is -0.135. The number of halogens is 1. The molecule has 17 heteroatoms. The molecule has 0 saturated heterocycles. The molecule has 786 valence electrons. The molecular formula is C122H197FN2O13S. The number of methoxy groups -OCH3 is 1. The van der Waals surface area contributed by atoms with Crippen LogP contribution < -0.4 is 5.32 Å². The first-order valence-corrected chi connectivity index (χ1v) is 49.9. The minimum atomic E-state index is -0.584. The Morgan fingerprint density at radius 2 is 0.935 bits per heavy atom. The maximum Gasteiger partial charge on any atom is 0.330 e. The summed E-state index contributed by atoms with van der Waals surface area (Å²) in [6.45, 7) is 102. The third-order valence-corrected chi connectivity index (χ3v) is 19.9. The zero-order valence-electron chi connectivity index (χ0n) is 97.0. The first-order valence-electron chi connectivity index (χ1n) is 49.0. The molecule has 1 amide bonds. The highest BCUT2D eigenvalue weighted by atomic mass is 32.1. The van der Waals surface area contributed by atoms with Gasteiger partial charge in [-0.05, 0) is 263 Å². The number of esters is 1. The second kappa shape index (κ2) is 66.7. The van der Waals surface area contributed by atoms with Crippen LogP contribution in [0, 0.1) is 99.8 Å². The fourth-order valence-corrected chi connectivity index (χ4v) is 10.1. The van der Waals surface area contributed by atoms with Crippen LogP contribution in [0.2, 0.25) is 0 Å². The van der Waals surface area contributed by atoms with E-state index in [2.05, 4.69) is 211 Å². The molecule has 0 fully saturated rings. The summed E-state index contributed by atoms with van der Waals surface area (Å²) >= 11 is 0.820. The number of nitrogens with zero attached hydrogens (tertiary/aromatic N) is 1. The van der Waals surface area contributed by atoms with Gasteiger partial charge in [-0.3, -0.25) is 47.9 Å². The number of Topliss-reactive ketones (excluding diaryl/α,β-unsaturated/α-hetero) is 4. The first-order chi connectivity index (χ1) is 62.1. The lowest BCUT2D eigenvalue weighted by Gasteiger charge is -2.36. The van der Waals surface area contributed by atoms with Crippen molar-refractivity contribution in [2.75, 3.05) is 13.7 Å². The van der Waals surface area contributed by atoms with E-state index in [9.17, 15) is 57.1 Å².